The summed E-state index contributed by atoms with van der Waals surface area (Å²) in [6, 6.07) is 2.29. The first-order chi connectivity index (χ1) is 8.52. The highest BCUT2D eigenvalue weighted by Gasteiger charge is 2.26. The zero-order chi connectivity index (χ0) is 13.3. The van der Waals surface area contributed by atoms with Crippen molar-refractivity contribution in [3.8, 4) is 6.07 Å². The molecule has 1 aromatic rings. The van der Waals surface area contributed by atoms with Crippen molar-refractivity contribution < 1.29 is 4.79 Å². The van der Waals surface area contributed by atoms with Crippen LogP contribution in [0.4, 0.5) is 5.13 Å². The quantitative estimate of drug-likeness (QED) is 0.787. The van der Waals surface area contributed by atoms with E-state index in [2.05, 4.69) is 16.0 Å². The maximum absolute atomic E-state index is 12.0. The van der Waals surface area contributed by atoms with Gasteiger partial charge in [0, 0.05) is 19.0 Å². The maximum atomic E-state index is 12.0. The van der Waals surface area contributed by atoms with Gasteiger partial charge in [-0.3, -0.25) is 4.79 Å². The summed E-state index contributed by atoms with van der Waals surface area (Å²) < 4.78 is 0. The zero-order valence-electron chi connectivity index (χ0n) is 10.9. The van der Waals surface area contributed by atoms with Crippen LogP contribution >= 0.6 is 11.3 Å². The van der Waals surface area contributed by atoms with Crippen LogP contribution in [0.2, 0.25) is 0 Å². The van der Waals surface area contributed by atoms with Crippen LogP contribution in [0.15, 0.2) is 0 Å². The average molecular weight is 263 g/mol. The van der Waals surface area contributed by atoms with Crippen molar-refractivity contribution in [2.75, 3.05) is 18.0 Å². The van der Waals surface area contributed by atoms with Gasteiger partial charge in [0.25, 0.3) is 0 Å². The Morgan fingerprint density at radius 2 is 2.33 bits per heavy atom. The SMILES string of the molecule is Cc1nc(N2CC[C@H](C#N)C2)sc1C(=O)C(C)C. The minimum absolute atomic E-state index is 0.00225. The Balaban J connectivity index is 2.20. The molecule has 2 heterocycles. The fraction of sp³-hybridized carbons (Fsp3) is 0.615. The van der Waals surface area contributed by atoms with E-state index in [1.165, 1.54) is 11.3 Å². The number of nitriles is 1. The molecule has 5 heteroatoms. The first-order valence-electron chi connectivity index (χ1n) is 6.19. The first kappa shape index (κ1) is 13.0. The smallest absolute Gasteiger partial charge is 0.186 e. The van der Waals surface area contributed by atoms with Crippen molar-refractivity contribution in [2.24, 2.45) is 11.8 Å². The maximum Gasteiger partial charge on any atom is 0.186 e. The molecule has 1 fully saturated rings. The van der Waals surface area contributed by atoms with Gasteiger partial charge in [-0.05, 0) is 13.3 Å². The van der Waals surface area contributed by atoms with Crippen LogP contribution in [0.1, 0.15) is 35.6 Å². The van der Waals surface area contributed by atoms with E-state index in [4.69, 9.17) is 5.26 Å². The lowest BCUT2D eigenvalue weighted by Gasteiger charge is -2.12. The molecule has 0 saturated carbocycles. The van der Waals surface area contributed by atoms with Crippen LogP contribution in [-0.2, 0) is 0 Å². The van der Waals surface area contributed by atoms with E-state index in [-0.39, 0.29) is 17.6 Å². The molecule has 18 heavy (non-hydrogen) atoms. The highest BCUT2D eigenvalue weighted by Crippen LogP contribution is 2.31. The van der Waals surface area contributed by atoms with E-state index in [0.29, 0.717) is 0 Å². The number of rotatable bonds is 3. The van der Waals surface area contributed by atoms with Crippen LogP contribution in [0.25, 0.3) is 0 Å². The number of aryl methyl sites for hydroxylation is 1. The summed E-state index contributed by atoms with van der Waals surface area (Å²) in [6.07, 6.45) is 0.891. The highest BCUT2D eigenvalue weighted by atomic mass is 32.1. The molecule has 1 aliphatic rings. The van der Waals surface area contributed by atoms with Crippen molar-refractivity contribution in [3.05, 3.63) is 10.6 Å². The number of aromatic nitrogens is 1. The van der Waals surface area contributed by atoms with Crippen molar-refractivity contribution in [2.45, 2.75) is 27.2 Å². The third-order valence-corrected chi connectivity index (χ3v) is 4.41. The van der Waals surface area contributed by atoms with Crippen LogP contribution < -0.4 is 4.90 Å². The Labute approximate surface area is 111 Å². The molecule has 0 amide bonds. The lowest BCUT2D eigenvalue weighted by molar-refractivity contribution is 0.0942. The van der Waals surface area contributed by atoms with Gasteiger partial charge >= 0.3 is 0 Å². The fourth-order valence-corrected chi connectivity index (χ4v) is 3.24. The Morgan fingerprint density at radius 1 is 1.61 bits per heavy atom. The number of nitrogens with zero attached hydrogens (tertiary/aromatic N) is 3. The summed E-state index contributed by atoms with van der Waals surface area (Å²) in [6.45, 7) is 7.29. The third-order valence-electron chi connectivity index (χ3n) is 3.17. The Bertz CT molecular complexity index is 501. The van der Waals surface area contributed by atoms with Gasteiger partial charge in [-0.15, -0.1) is 0 Å². The summed E-state index contributed by atoms with van der Waals surface area (Å²) in [5.74, 6) is 0.258. The molecule has 0 aliphatic carbocycles. The van der Waals surface area contributed by atoms with E-state index in [9.17, 15) is 4.79 Å². The molecule has 96 valence electrons. The van der Waals surface area contributed by atoms with Crippen LogP contribution in [0.3, 0.4) is 0 Å². The van der Waals surface area contributed by atoms with E-state index < -0.39 is 0 Å². The average Bonchev–Trinajstić information content (AvgIpc) is 2.93. The van der Waals surface area contributed by atoms with E-state index in [0.717, 1.165) is 35.2 Å². The van der Waals surface area contributed by atoms with E-state index in [1.54, 1.807) is 0 Å². The number of hydrogen-bond acceptors (Lipinski definition) is 5. The molecular weight excluding hydrogens is 246 g/mol. The summed E-state index contributed by atoms with van der Waals surface area (Å²) in [4.78, 5) is 19.4. The van der Waals surface area contributed by atoms with Crippen LogP contribution in [-0.4, -0.2) is 23.9 Å². The number of ketones is 1. The molecule has 0 aromatic carbocycles. The van der Waals surface area contributed by atoms with Gasteiger partial charge in [-0.25, -0.2) is 4.98 Å². The molecule has 4 nitrogen and oxygen atoms in total. The minimum atomic E-state index is 0.00225. The number of Topliss-reactive ketones (excluding diaryl/α,β-unsaturated/α-hetero) is 1. The Hall–Kier alpha value is -1.41. The predicted molar refractivity (Wildman–Crippen MR) is 72.0 cm³/mol. The number of thiazole rings is 1. The predicted octanol–water partition coefficient (Wildman–Crippen LogP) is 2.64. The highest BCUT2D eigenvalue weighted by molar-refractivity contribution is 7.17. The lowest BCUT2D eigenvalue weighted by atomic mass is 10.1. The molecule has 1 saturated heterocycles. The topological polar surface area (TPSA) is 57.0 Å². The molecule has 1 aliphatic heterocycles. The van der Waals surface area contributed by atoms with Gasteiger partial charge in [0.2, 0.25) is 0 Å². The molecule has 0 bridgehead atoms. The molecule has 1 aromatic heterocycles. The van der Waals surface area contributed by atoms with E-state index >= 15 is 0 Å². The third kappa shape index (κ3) is 2.39. The Morgan fingerprint density at radius 3 is 2.89 bits per heavy atom. The van der Waals surface area contributed by atoms with Gasteiger partial charge in [0.1, 0.15) is 0 Å². The monoisotopic (exact) mass is 263 g/mol. The van der Waals surface area contributed by atoms with Gasteiger partial charge in [0.15, 0.2) is 10.9 Å². The number of hydrogen-bond donors (Lipinski definition) is 0. The van der Waals surface area contributed by atoms with Crippen molar-refractivity contribution in [1.29, 1.82) is 5.26 Å². The summed E-state index contributed by atoms with van der Waals surface area (Å²) in [5, 5.41) is 9.79. The Kier molecular flexibility index (Phi) is 3.67. The van der Waals surface area contributed by atoms with Crippen molar-refractivity contribution in [1.82, 2.24) is 4.98 Å². The second-order valence-corrected chi connectivity index (χ2v) is 5.97. The molecule has 0 spiro atoms. The second kappa shape index (κ2) is 5.07. The number of carbonyl (C=O) groups excluding carboxylic acids is 1. The van der Waals surface area contributed by atoms with Crippen LogP contribution in [0, 0.1) is 30.1 Å². The zero-order valence-corrected chi connectivity index (χ0v) is 11.8. The molecule has 0 N–H and O–H groups in total. The van der Waals surface area contributed by atoms with Gasteiger partial charge in [-0.2, -0.15) is 5.26 Å². The van der Waals surface area contributed by atoms with Gasteiger partial charge in [-0.1, -0.05) is 25.2 Å². The summed E-state index contributed by atoms with van der Waals surface area (Å²) in [5.41, 5.74) is 0.814. The molecule has 2 rings (SSSR count). The number of carbonyl (C=O) groups is 1. The fourth-order valence-electron chi connectivity index (χ4n) is 2.05. The normalized spacial score (nSPS) is 19.3. The summed E-state index contributed by atoms with van der Waals surface area (Å²) >= 11 is 1.46. The van der Waals surface area contributed by atoms with Gasteiger partial charge < -0.3 is 4.90 Å². The molecule has 0 unspecified atom stereocenters. The molecular formula is C13H17N3OS. The van der Waals surface area contributed by atoms with Crippen LogP contribution in [0.5, 0.6) is 0 Å². The van der Waals surface area contributed by atoms with Gasteiger partial charge in [0.05, 0.1) is 22.6 Å². The number of anilines is 1. The molecule has 0 radical (unpaired) electrons. The standard InChI is InChI=1S/C13H17N3OS/c1-8(2)11(17)12-9(3)15-13(18-12)16-5-4-10(6-14)7-16/h8,10H,4-5,7H2,1-3H3/t10-/m1/s1. The van der Waals surface area contributed by atoms with Crippen molar-refractivity contribution in [3.63, 3.8) is 0 Å². The largest absolute Gasteiger partial charge is 0.347 e. The van der Waals surface area contributed by atoms with Crippen molar-refractivity contribution >= 4 is 22.3 Å². The summed E-state index contributed by atoms with van der Waals surface area (Å²) in [7, 11) is 0. The molecule has 1 atom stereocenters. The minimum Gasteiger partial charge on any atom is -0.347 e. The first-order valence-corrected chi connectivity index (χ1v) is 7.00. The lowest BCUT2D eigenvalue weighted by Crippen LogP contribution is -2.18. The van der Waals surface area contributed by atoms with E-state index in [1.807, 2.05) is 20.8 Å². The second-order valence-electron chi connectivity index (χ2n) is 4.99.